The van der Waals surface area contributed by atoms with E-state index in [1.54, 1.807) is 13.8 Å². The molecule has 0 radical (unpaired) electrons. The van der Waals surface area contributed by atoms with Crippen LogP contribution in [0.3, 0.4) is 0 Å². The fraction of sp³-hybridized carbons (Fsp3) is 0.875. The van der Waals surface area contributed by atoms with Crippen LogP contribution in [-0.2, 0) is 9.53 Å². The molecule has 2 N–H and O–H groups in total. The van der Waals surface area contributed by atoms with Gasteiger partial charge in [-0.15, -0.1) is 0 Å². The van der Waals surface area contributed by atoms with E-state index < -0.39 is 5.54 Å². The van der Waals surface area contributed by atoms with Crippen molar-refractivity contribution in [2.75, 3.05) is 0 Å². The van der Waals surface area contributed by atoms with Crippen molar-refractivity contribution in [3.63, 3.8) is 0 Å². The summed E-state index contributed by atoms with van der Waals surface area (Å²) in [6.07, 6.45) is 0.377. The molecule has 1 rings (SSSR count). The van der Waals surface area contributed by atoms with Crippen LogP contribution in [0.5, 0.6) is 0 Å². The second kappa shape index (κ2) is 2.57. The van der Waals surface area contributed by atoms with Crippen LogP contribution in [0, 0.1) is 0 Å². The first-order valence-corrected chi connectivity index (χ1v) is 3.92. The maximum atomic E-state index is 11.3. The lowest BCUT2D eigenvalue weighted by atomic mass is 9.86. The number of ketones is 1. The third kappa shape index (κ3) is 1.60. The Kier molecular flexibility index (Phi) is 2.03. The third-order valence-corrected chi connectivity index (χ3v) is 2.08. The molecule has 3 atom stereocenters. The van der Waals surface area contributed by atoms with Gasteiger partial charge in [0.15, 0.2) is 5.78 Å². The van der Waals surface area contributed by atoms with Crippen LogP contribution in [0.1, 0.15) is 27.2 Å². The second-order valence-electron chi connectivity index (χ2n) is 3.57. The topological polar surface area (TPSA) is 52.3 Å². The van der Waals surface area contributed by atoms with E-state index in [4.69, 9.17) is 10.5 Å². The van der Waals surface area contributed by atoms with Crippen molar-refractivity contribution in [2.45, 2.75) is 44.9 Å². The van der Waals surface area contributed by atoms with Crippen molar-refractivity contribution in [1.29, 1.82) is 0 Å². The number of carbonyl (C=O) groups is 1. The molecule has 0 aromatic carbocycles. The molecule has 64 valence electrons. The second-order valence-corrected chi connectivity index (χ2v) is 3.57. The number of rotatable bonds is 0. The molecule has 1 aliphatic heterocycles. The van der Waals surface area contributed by atoms with Crippen molar-refractivity contribution in [3.8, 4) is 0 Å². The lowest BCUT2D eigenvalue weighted by Crippen LogP contribution is -2.56. The normalized spacial score (nSPS) is 46.0. The van der Waals surface area contributed by atoms with Gasteiger partial charge in [0.2, 0.25) is 0 Å². The highest BCUT2D eigenvalue weighted by molar-refractivity contribution is 5.92. The van der Waals surface area contributed by atoms with E-state index in [-0.39, 0.29) is 18.0 Å². The van der Waals surface area contributed by atoms with E-state index in [1.807, 2.05) is 6.92 Å². The Morgan fingerprint density at radius 1 is 1.64 bits per heavy atom. The molecule has 1 aliphatic rings. The first kappa shape index (κ1) is 8.68. The minimum absolute atomic E-state index is 0.00981. The minimum atomic E-state index is -0.683. The van der Waals surface area contributed by atoms with E-state index in [1.165, 1.54) is 0 Å². The smallest absolute Gasteiger partial charge is 0.180 e. The Bertz CT molecular complexity index is 177. The largest absolute Gasteiger partial charge is 0.368 e. The predicted molar refractivity (Wildman–Crippen MR) is 42.2 cm³/mol. The van der Waals surface area contributed by atoms with Crippen LogP contribution in [0.15, 0.2) is 0 Å². The molecule has 3 heteroatoms. The summed E-state index contributed by atoms with van der Waals surface area (Å²) in [6, 6.07) is 0. The molecular weight excluding hydrogens is 142 g/mol. The van der Waals surface area contributed by atoms with E-state index >= 15 is 0 Å². The third-order valence-electron chi connectivity index (χ3n) is 2.08. The molecule has 0 bridgehead atoms. The number of ether oxygens (including phenoxy) is 1. The molecule has 1 unspecified atom stereocenters. The summed E-state index contributed by atoms with van der Waals surface area (Å²) < 4.78 is 5.30. The molecule has 1 saturated heterocycles. The first-order chi connectivity index (χ1) is 4.93. The SMILES string of the molecule is C[C@@H]1CC(C)(N)C(=O)[C@H](C)O1. The average molecular weight is 157 g/mol. The summed E-state index contributed by atoms with van der Waals surface area (Å²) >= 11 is 0. The van der Waals surface area contributed by atoms with Gasteiger partial charge in [0.05, 0.1) is 11.6 Å². The molecule has 1 fully saturated rings. The van der Waals surface area contributed by atoms with Gasteiger partial charge < -0.3 is 10.5 Å². The number of nitrogens with two attached hydrogens (primary N) is 1. The molecule has 0 saturated carbocycles. The summed E-state index contributed by atoms with van der Waals surface area (Å²) in [5.74, 6) is 0.00981. The van der Waals surface area contributed by atoms with Crippen molar-refractivity contribution in [2.24, 2.45) is 5.73 Å². The molecular formula is C8H15NO2. The molecule has 0 amide bonds. The molecule has 0 aromatic rings. The Balaban J connectivity index is 2.75. The van der Waals surface area contributed by atoms with Crippen LogP contribution in [-0.4, -0.2) is 23.5 Å². The van der Waals surface area contributed by atoms with E-state index in [2.05, 4.69) is 0 Å². The lowest BCUT2D eigenvalue weighted by Gasteiger charge is -2.35. The van der Waals surface area contributed by atoms with Crippen LogP contribution in [0.4, 0.5) is 0 Å². The number of carbonyl (C=O) groups excluding carboxylic acids is 1. The molecule has 0 aromatic heterocycles. The lowest BCUT2D eigenvalue weighted by molar-refractivity contribution is -0.147. The number of hydrogen-bond acceptors (Lipinski definition) is 3. The van der Waals surface area contributed by atoms with E-state index in [0.29, 0.717) is 6.42 Å². The van der Waals surface area contributed by atoms with Crippen LogP contribution in [0.25, 0.3) is 0 Å². The summed E-state index contributed by atoms with van der Waals surface area (Å²) in [7, 11) is 0. The summed E-state index contributed by atoms with van der Waals surface area (Å²) in [6.45, 7) is 5.46. The van der Waals surface area contributed by atoms with Gasteiger partial charge in [-0.1, -0.05) is 0 Å². The maximum Gasteiger partial charge on any atom is 0.180 e. The monoisotopic (exact) mass is 157 g/mol. The maximum absolute atomic E-state index is 11.3. The van der Waals surface area contributed by atoms with Crippen molar-refractivity contribution >= 4 is 5.78 Å². The predicted octanol–water partition coefficient (Wildman–Crippen LogP) is 0.470. The Hall–Kier alpha value is -0.410. The van der Waals surface area contributed by atoms with Crippen LogP contribution >= 0.6 is 0 Å². The number of hydrogen-bond donors (Lipinski definition) is 1. The Morgan fingerprint density at radius 2 is 2.18 bits per heavy atom. The fourth-order valence-electron chi connectivity index (χ4n) is 1.62. The molecule has 11 heavy (non-hydrogen) atoms. The summed E-state index contributed by atoms with van der Waals surface area (Å²) in [5, 5.41) is 0. The van der Waals surface area contributed by atoms with E-state index in [9.17, 15) is 4.79 Å². The van der Waals surface area contributed by atoms with Gasteiger partial charge in [0.25, 0.3) is 0 Å². The van der Waals surface area contributed by atoms with Gasteiger partial charge >= 0.3 is 0 Å². The van der Waals surface area contributed by atoms with Gasteiger partial charge in [0, 0.05) is 0 Å². The van der Waals surface area contributed by atoms with Gasteiger partial charge in [-0.2, -0.15) is 0 Å². The fourth-order valence-corrected chi connectivity index (χ4v) is 1.62. The highest BCUT2D eigenvalue weighted by Gasteiger charge is 2.39. The zero-order valence-corrected chi connectivity index (χ0v) is 7.26. The molecule has 0 spiro atoms. The highest BCUT2D eigenvalue weighted by atomic mass is 16.5. The molecule has 1 heterocycles. The van der Waals surface area contributed by atoms with E-state index in [0.717, 1.165) is 0 Å². The van der Waals surface area contributed by atoms with Gasteiger partial charge in [-0.3, -0.25) is 4.79 Å². The standard InChI is InChI=1S/C8H15NO2/c1-5-4-8(3,9)7(10)6(2)11-5/h5-6H,4,9H2,1-3H3/t5-,6+,8?/m1/s1. The van der Waals surface area contributed by atoms with Crippen molar-refractivity contribution in [3.05, 3.63) is 0 Å². The summed E-state index contributed by atoms with van der Waals surface area (Å²) in [5.41, 5.74) is 5.09. The van der Waals surface area contributed by atoms with Crippen molar-refractivity contribution < 1.29 is 9.53 Å². The average Bonchev–Trinajstić information content (AvgIpc) is 1.81. The Morgan fingerprint density at radius 3 is 2.64 bits per heavy atom. The van der Waals surface area contributed by atoms with Gasteiger partial charge in [0.1, 0.15) is 6.10 Å². The zero-order valence-electron chi connectivity index (χ0n) is 7.26. The molecule has 0 aliphatic carbocycles. The van der Waals surface area contributed by atoms with Crippen LogP contribution in [0.2, 0.25) is 0 Å². The number of Topliss-reactive ketones (excluding diaryl/α,β-unsaturated/α-hetero) is 1. The molecule has 3 nitrogen and oxygen atoms in total. The van der Waals surface area contributed by atoms with Crippen molar-refractivity contribution in [1.82, 2.24) is 0 Å². The minimum Gasteiger partial charge on any atom is -0.368 e. The highest BCUT2D eigenvalue weighted by Crippen LogP contribution is 2.22. The zero-order chi connectivity index (χ0) is 8.65. The quantitative estimate of drug-likeness (QED) is 0.556. The van der Waals surface area contributed by atoms with Crippen LogP contribution < -0.4 is 5.73 Å². The first-order valence-electron chi connectivity index (χ1n) is 3.92. The van der Waals surface area contributed by atoms with Gasteiger partial charge in [-0.25, -0.2) is 0 Å². The summed E-state index contributed by atoms with van der Waals surface area (Å²) in [4.78, 5) is 11.3. The van der Waals surface area contributed by atoms with Gasteiger partial charge in [-0.05, 0) is 27.2 Å². The Labute approximate surface area is 66.9 Å².